The van der Waals surface area contributed by atoms with Gasteiger partial charge in [-0.15, -0.1) is 0 Å². The first-order chi connectivity index (χ1) is 8.63. The predicted octanol–water partition coefficient (Wildman–Crippen LogP) is 2.18. The molecule has 5 heteroatoms. The van der Waals surface area contributed by atoms with Crippen LogP contribution >= 0.6 is 11.5 Å². The lowest BCUT2D eigenvalue weighted by Gasteiger charge is -1.98. The van der Waals surface area contributed by atoms with Crippen molar-refractivity contribution >= 4 is 27.6 Å². The fourth-order valence-electron chi connectivity index (χ4n) is 1.60. The molecule has 0 spiro atoms. The molecule has 0 unspecified atom stereocenters. The predicted molar refractivity (Wildman–Crippen MR) is 71.9 cm³/mol. The van der Waals surface area contributed by atoms with Crippen molar-refractivity contribution < 1.29 is 9.53 Å². The number of aromatic nitrogens is 1. The first kappa shape index (κ1) is 12.6. The van der Waals surface area contributed by atoms with Gasteiger partial charge in [0, 0.05) is 5.57 Å². The Kier molecular flexibility index (Phi) is 3.62. The fourth-order valence-corrected chi connectivity index (χ4v) is 2.56. The van der Waals surface area contributed by atoms with E-state index in [-0.39, 0.29) is 11.5 Å². The Morgan fingerprint density at radius 2 is 2.17 bits per heavy atom. The summed E-state index contributed by atoms with van der Waals surface area (Å²) in [6, 6.07) is 7.46. The van der Waals surface area contributed by atoms with Gasteiger partial charge in [-0.1, -0.05) is 29.7 Å². The Morgan fingerprint density at radius 1 is 1.44 bits per heavy atom. The topological polar surface area (TPSA) is 48.3 Å². The average molecular weight is 263 g/mol. The largest absolute Gasteiger partial charge is 0.466 e. The van der Waals surface area contributed by atoms with Gasteiger partial charge in [-0.25, -0.2) is 4.79 Å². The monoisotopic (exact) mass is 263 g/mol. The molecular formula is C13H13NO3S. The SMILES string of the molecule is COC(=O)/C(C)=C/Cn1sc2ccccc2c1=O. The summed E-state index contributed by atoms with van der Waals surface area (Å²) in [6.07, 6.45) is 1.70. The number of hydrogen-bond acceptors (Lipinski definition) is 4. The van der Waals surface area contributed by atoms with Crippen LogP contribution in [-0.4, -0.2) is 17.0 Å². The molecule has 0 aliphatic carbocycles. The van der Waals surface area contributed by atoms with E-state index in [1.807, 2.05) is 24.3 Å². The van der Waals surface area contributed by atoms with Crippen LogP contribution in [0.2, 0.25) is 0 Å². The first-order valence-corrected chi connectivity index (χ1v) is 6.24. The normalized spacial score (nSPS) is 11.8. The molecule has 0 amide bonds. The molecule has 2 aromatic rings. The Bertz CT molecular complexity index is 666. The summed E-state index contributed by atoms with van der Waals surface area (Å²) < 4.78 is 7.17. The average Bonchev–Trinajstić information content (AvgIpc) is 2.72. The van der Waals surface area contributed by atoms with Crippen LogP contribution in [0.5, 0.6) is 0 Å². The van der Waals surface area contributed by atoms with Crippen LogP contribution in [0.4, 0.5) is 0 Å². The summed E-state index contributed by atoms with van der Waals surface area (Å²) in [4.78, 5) is 23.2. The second-order valence-electron chi connectivity index (χ2n) is 3.83. The van der Waals surface area contributed by atoms with Gasteiger partial charge in [0.2, 0.25) is 0 Å². The number of carbonyl (C=O) groups excluding carboxylic acids is 1. The van der Waals surface area contributed by atoms with Gasteiger partial charge < -0.3 is 4.74 Å². The lowest BCUT2D eigenvalue weighted by atomic mass is 10.3. The summed E-state index contributed by atoms with van der Waals surface area (Å²) in [5.74, 6) is -0.371. The summed E-state index contributed by atoms with van der Waals surface area (Å²) in [5.41, 5.74) is 0.478. The van der Waals surface area contributed by atoms with Gasteiger partial charge in [0.25, 0.3) is 5.56 Å². The molecule has 2 rings (SSSR count). The summed E-state index contributed by atoms with van der Waals surface area (Å²) in [6.45, 7) is 2.06. The van der Waals surface area contributed by atoms with Gasteiger partial charge >= 0.3 is 5.97 Å². The van der Waals surface area contributed by atoms with Gasteiger partial charge in [0.1, 0.15) is 0 Å². The number of carbonyl (C=O) groups is 1. The van der Waals surface area contributed by atoms with Crippen molar-refractivity contribution in [2.75, 3.05) is 7.11 Å². The quantitative estimate of drug-likeness (QED) is 0.630. The molecule has 1 aromatic heterocycles. The fraction of sp³-hybridized carbons (Fsp3) is 0.231. The maximum absolute atomic E-state index is 12.0. The van der Waals surface area contributed by atoms with Crippen molar-refractivity contribution in [2.24, 2.45) is 0 Å². The zero-order valence-electron chi connectivity index (χ0n) is 10.2. The van der Waals surface area contributed by atoms with E-state index in [1.165, 1.54) is 18.6 Å². The number of benzene rings is 1. The minimum absolute atomic E-state index is 0.0236. The van der Waals surface area contributed by atoms with Crippen LogP contribution in [0.25, 0.3) is 10.1 Å². The van der Waals surface area contributed by atoms with Crippen molar-refractivity contribution in [3.05, 3.63) is 46.3 Å². The number of allylic oxidation sites excluding steroid dienone is 1. The van der Waals surface area contributed by atoms with E-state index in [2.05, 4.69) is 4.74 Å². The zero-order valence-corrected chi connectivity index (χ0v) is 11.0. The Balaban J connectivity index is 2.31. The third kappa shape index (κ3) is 2.36. The van der Waals surface area contributed by atoms with Crippen LogP contribution < -0.4 is 5.56 Å². The number of fused-ring (bicyclic) bond motifs is 1. The third-order valence-corrected chi connectivity index (χ3v) is 3.71. The second kappa shape index (κ2) is 5.18. The minimum atomic E-state index is -0.371. The molecule has 0 N–H and O–H groups in total. The van der Waals surface area contributed by atoms with Crippen LogP contribution in [-0.2, 0) is 16.1 Å². The number of rotatable bonds is 3. The lowest BCUT2D eigenvalue weighted by molar-refractivity contribution is -0.136. The molecular weight excluding hydrogens is 250 g/mol. The van der Waals surface area contributed by atoms with Crippen molar-refractivity contribution in [3.8, 4) is 0 Å². The molecule has 0 saturated carbocycles. The zero-order chi connectivity index (χ0) is 13.1. The highest BCUT2D eigenvalue weighted by atomic mass is 32.1. The maximum Gasteiger partial charge on any atom is 0.333 e. The van der Waals surface area contributed by atoms with E-state index in [1.54, 1.807) is 17.0 Å². The molecule has 1 aromatic carbocycles. The van der Waals surface area contributed by atoms with E-state index in [4.69, 9.17) is 0 Å². The van der Waals surface area contributed by atoms with Crippen LogP contribution in [0, 0.1) is 0 Å². The Morgan fingerprint density at radius 3 is 2.83 bits per heavy atom. The van der Waals surface area contributed by atoms with Crippen molar-refractivity contribution in [1.82, 2.24) is 3.96 Å². The Labute approximate surface area is 108 Å². The van der Waals surface area contributed by atoms with Crippen molar-refractivity contribution in [2.45, 2.75) is 13.5 Å². The first-order valence-electron chi connectivity index (χ1n) is 5.47. The van der Waals surface area contributed by atoms with Crippen molar-refractivity contribution in [3.63, 3.8) is 0 Å². The minimum Gasteiger partial charge on any atom is -0.466 e. The van der Waals surface area contributed by atoms with Gasteiger partial charge in [-0.2, -0.15) is 0 Å². The molecule has 4 nitrogen and oxygen atoms in total. The summed E-state index contributed by atoms with van der Waals surface area (Å²) in [5, 5.41) is 0.714. The summed E-state index contributed by atoms with van der Waals surface area (Å²) >= 11 is 1.39. The third-order valence-electron chi connectivity index (χ3n) is 2.62. The van der Waals surface area contributed by atoms with E-state index in [9.17, 15) is 9.59 Å². The molecule has 0 radical (unpaired) electrons. The standard InChI is InChI=1S/C13H13NO3S/c1-9(13(16)17-2)7-8-14-12(15)10-5-3-4-6-11(10)18-14/h3-7H,8H2,1-2H3/b9-7+. The number of methoxy groups -OCH3 is 1. The van der Waals surface area contributed by atoms with E-state index in [0.29, 0.717) is 17.5 Å². The van der Waals surface area contributed by atoms with Gasteiger partial charge in [0.15, 0.2) is 0 Å². The van der Waals surface area contributed by atoms with Gasteiger partial charge in [-0.05, 0) is 19.1 Å². The highest BCUT2D eigenvalue weighted by Gasteiger charge is 2.07. The van der Waals surface area contributed by atoms with Gasteiger partial charge in [-0.3, -0.25) is 8.75 Å². The molecule has 0 fully saturated rings. The smallest absolute Gasteiger partial charge is 0.333 e. The number of hydrogen-bond donors (Lipinski definition) is 0. The maximum atomic E-state index is 12.0. The van der Waals surface area contributed by atoms with E-state index >= 15 is 0 Å². The van der Waals surface area contributed by atoms with Crippen LogP contribution in [0.15, 0.2) is 40.7 Å². The summed E-state index contributed by atoms with van der Waals surface area (Å²) in [7, 11) is 1.34. The molecule has 0 aliphatic heterocycles. The molecule has 94 valence electrons. The molecule has 0 bridgehead atoms. The highest BCUT2D eigenvalue weighted by Crippen LogP contribution is 2.15. The van der Waals surface area contributed by atoms with Crippen LogP contribution in [0.1, 0.15) is 6.92 Å². The lowest BCUT2D eigenvalue weighted by Crippen LogP contribution is -2.12. The number of nitrogens with zero attached hydrogens (tertiary/aromatic N) is 1. The molecule has 0 atom stereocenters. The number of ether oxygens (including phenoxy) is 1. The molecule has 0 saturated heterocycles. The van der Waals surface area contributed by atoms with E-state index in [0.717, 1.165) is 4.70 Å². The highest BCUT2D eigenvalue weighted by molar-refractivity contribution is 7.13. The van der Waals surface area contributed by atoms with Gasteiger partial charge in [0.05, 0.1) is 23.7 Å². The Hall–Kier alpha value is -1.88. The van der Waals surface area contributed by atoms with Crippen molar-refractivity contribution in [1.29, 1.82) is 0 Å². The molecule has 1 heterocycles. The van der Waals surface area contributed by atoms with E-state index < -0.39 is 0 Å². The number of esters is 1. The second-order valence-corrected chi connectivity index (χ2v) is 4.90. The van der Waals surface area contributed by atoms with Crippen LogP contribution in [0.3, 0.4) is 0 Å². The molecule has 18 heavy (non-hydrogen) atoms. The molecule has 0 aliphatic rings.